The summed E-state index contributed by atoms with van der Waals surface area (Å²) < 4.78 is 6.41. The Bertz CT molecular complexity index is 724. The minimum absolute atomic E-state index is 0.275. The molecule has 0 aromatic heterocycles. The summed E-state index contributed by atoms with van der Waals surface area (Å²) in [7, 11) is 0. The van der Waals surface area contributed by atoms with Crippen LogP contribution in [-0.2, 0) is 0 Å². The Hall–Kier alpha value is -1.70. The standard InChI is InChI=1S/C24H34O2/c1-6-7-8-9-10-17(3)18-14-21(25)23-19-13-16(2)11-12-20(19)24(4,5)26-22(23)15-18/h6-7,14-17,25H,8-13H2,1-5H3. The summed E-state index contributed by atoms with van der Waals surface area (Å²) >= 11 is 0. The van der Waals surface area contributed by atoms with Gasteiger partial charge >= 0.3 is 0 Å². The Labute approximate surface area is 159 Å². The van der Waals surface area contributed by atoms with Crippen molar-refractivity contribution in [3.8, 4) is 11.5 Å². The van der Waals surface area contributed by atoms with Gasteiger partial charge in [-0.3, -0.25) is 0 Å². The van der Waals surface area contributed by atoms with Gasteiger partial charge in [-0.05, 0) is 100.0 Å². The quantitative estimate of drug-likeness (QED) is 0.456. The predicted octanol–water partition coefficient (Wildman–Crippen LogP) is 6.99. The van der Waals surface area contributed by atoms with E-state index in [4.69, 9.17) is 4.74 Å². The minimum atomic E-state index is -0.275. The highest BCUT2D eigenvalue weighted by Gasteiger charge is 2.38. The van der Waals surface area contributed by atoms with Gasteiger partial charge < -0.3 is 9.84 Å². The van der Waals surface area contributed by atoms with E-state index in [-0.39, 0.29) is 5.60 Å². The Kier molecular flexibility index (Phi) is 5.50. The maximum atomic E-state index is 10.9. The number of hydrogen-bond acceptors (Lipinski definition) is 2. The highest BCUT2D eigenvalue weighted by atomic mass is 16.5. The second kappa shape index (κ2) is 7.50. The second-order valence-electron chi connectivity index (χ2n) is 8.73. The zero-order chi connectivity index (χ0) is 18.9. The molecule has 142 valence electrons. The molecule has 1 aliphatic heterocycles. The lowest BCUT2D eigenvalue weighted by atomic mass is 9.74. The number of phenolic OH excluding ortho intramolecular Hbond substituents is 1. The first-order valence-corrected chi connectivity index (χ1v) is 10.2. The van der Waals surface area contributed by atoms with E-state index in [1.165, 1.54) is 29.6 Å². The molecule has 26 heavy (non-hydrogen) atoms. The van der Waals surface area contributed by atoms with Crippen molar-refractivity contribution in [2.45, 2.75) is 84.7 Å². The van der Waals surface area contributed by atoms with Crippen LogP contribution in [0.3, 0.4) is 0 Å². The monoisotopic (exact) mass is 354 g/mol. The summed E-state index contributed by atoms with van der Waals surface area (Å²) in [5.74, 6) is 2.36. The van der Waals surface area contributed by atoms with Crippen molar-refractivity contribution in [2.75, 3.05) is 0 Å². The minimum Gasteiger partial charge on any atom is -0.507 e. The number of allylic oxidation sites excluding steroid dienone is 3. The molecule has 2 unspecified atom stereocenters. The molecule has 2 aliphatic rings. The van der Waals surface area contributed by atoms with E-state index in [0.717, 1.165) is 37.0 Å². The zero-order valence-corrected chi connectivity index (χ0v) is 17.1. The lowest BCUT2D eigenvalue weighted by Gasteiger charge is -2.41. The van der Waals surface area contributed by atoms with Crippen LogP contribution in [0.25, 0.3) is 5.57 Å². The fraction of sp³-hybridized carbons (Fsp3) is 0.583. The van der Waals surface area contributed by atoms with Crippen LogP contribution in [0.2, 0.25) is 0 Å². The summed E-state index contributed by atoms with van der Waals surface area (Å²) in [6.45, 7) is 11.0. The third-order valence-corrected chi connectivity index (χ3v) is 6.11. The molecule has 1 heterocycles. The van der Waals surface area contributed by atoms with Crippen LogP contribution >= 0.6 is 0 Å². The number of unbranched alkanes of at least 4 members (excludes halogenated alkanes) is 1. The topological polar surface area (TPSA) is 29.5 Å². The third kappa shape index (κ3) is 3.70. The van der Waals surface area contributed by atoms with Gasteiger partial charge in [-0.2, -0.15) is 0 Å². The summed E-state index contributed by atoms with van der Waals surface area (Å²) in [4.78, 5) is 0. The van der Waals surface area contributed by atoms with Crippen molar-refractivity contribution in [3.05, 3.63) is 41.0 Å². The van der Waals surface area contributed by atoms with Gasteiger partial charge in [0.2, 0.25) is 0 Å². The number of ether oxygens (including phenoxy) is 1. The second-order valence-corrected chi connectivity index (χ2v) is 8.73. The summed E-state index contributed by atoms with van der Waals surface area (Å²) in [5, 5.41) is 10.9. The number of fused-ring (bicyclic) bond motifs is 2. The van der Waals surface area contributed by atoms with Crippen LogP contribution < -0.4 is 4.74 Å². The molecule has 0 fully saturated rings. The average Bonchev–Trinajstić information content (AvgIpc) is 2.57. The number of phenols is 1. The molecule has 0 radical (unpaired) electrons. The maximum Gasteiger partial charge on any atom is 0.132 e. The highest BCUT2D eigenvalue weighted by molar-refractivity contribution is 5.81. The van der Waals surface area contributed by atoms with E-state index in [1.807, 2.05) is 6.07 Å². The van der Waals surface area contributed by atoms with Crippen molar-refractivity contribution in [2.24, 2.45) is 5.92 Å². The van der Waals surface area contributed by atoms with E-state index in [0.29, 0.717) is 17.6 Å². The van der Waals surface area contributed by atoms with E-state index in [9.17, 15) is 5.11 Å². The Morgan fingerprint density at radius 2 is 2.12 bits per heavy atom. The van der Waals surface area contributed by atoms with E-state index in [2.05, 4.69) is 52.8 Å². The molecule has 0 bridgehead atoms. The van der Waals surface area contributed by atoms with Crippen molar-refractivity contribution >= 4 is 5.57 Å². The van der Waals surface area contributed by atoms with E-state index >= 15 is 0 Å². The van der Waals surface area contributed by atoms with Gasteiger partial charge in [-0.15, -0.1) is 0 Å². The molecule has 1 aromatic carbocycles. The van der Waals surface area contributed by atoms with Crippen LogP contribution in [-0.4, -0.2) is 10.7 Å². The fourth-order valence-corrected chi connectivity index (χ4v) is 4.53. The SMILES string of the molecule is CC=CCCCC(C)c1cc(O)c2c(c1)OC(C)(C)C1=C2CC(C)CC1. The van der Waals surface area contributed by atoms with Crippen LogP contribution in [0.15, 0.2) is 29.9 Å². The largest absolute Gasteiger partial charge is 0.507 e. The molecule has 2 atom stereocenters. The molecule has 0 saturated heterocycles. The first kappa shape index (κ1) is 19.1. The van der Waals surface area contributed by atoms with Crippen molar-refractivity contribution in [1.82, 2.24) is 0 Å². The van der Waals surface area contributed by atoms with Gasteiger partial charge in [0, 0.05) is 0 Å². The molecule has 1 N–H and O–H groups in total. The van der Waals surface area contributed by atoms with Crippen molar-refractivity contribution < 1.29 is 9.84 Å². The predicted molar refractivity (Wildman–Crippen MR) is 110 cm³/mol. The van der Waals surface area contributed by atoms with Gasteiger partial charge in [-0.1, -0.05) is 26.0 Å². The van der Waals surface area contributed by atoms with Crippen LogP contribution in [0.5, 0.6) is 11.5 Å². The number of benzene rings is 1. The first-order valence-electron chi connectivity index (χ1n) is 10.2. The van der Waals surface area contributed by atoms with Crippen molar-refractivity contribution in [1.29, 1.82) is 0 Å². The lowest BCUT2D eigenvalue weighted by molar-refractivity contribution is 0.135. The van der Waals surface area contributed by atoms with E-state index in [1.54, 1.807) is 0 Å². The highest BCUT2D eigenvalue weighted by Crippen LogP contribution is 2.52. The molecular weight excluding hydrogens is 320 g/mol. The molecule has 2 nitrogen and oxygen atoms in total. The van der Waals surface area contributed by atoms with Gasteiger partial charge in [0.25, 0.3) is 0 Å². The summed E-state index contributed by atoms with van der Waals surface area (Å²) in [6, 6.07) is 4.16. The normalized spacial score (nSPS) is 22.7. The van der Waals surface area contributed by atoms with Crippen molar-refractivity contribution in [3.63, 3.8) is 0 Å². The molecule has 1 aromatic rings. The molecule has 3 rings (SSSR count). The number of hydrogen-bond donors (Lipinski definition) is 1. The van der Waals surface area contributed by atoms with Crippen LogP contribution in [0.1, 0.15) is 90.2 Å². The van der Waals surface area contributed by atoms with Crippen LogP contribution in [0, 0.1) is 5.92 Å². The lowest BCUT2D eigenvalue weighted by Crippen LogP contribution is -2.36. The maximum absolute atomic E-state index is 10.9. The first-order chi connectivity index (χ1) is 12.3. The molecule has 1 aliphatic carbocycles. The average molecular weight is 355 g/mol. The molecule has 0 spiro atoms. The number of rotatable bonds is 5. The Balaban J connectivity index is 1.93. The Morgan fingerprint density at radius 1 is 1.35 bits per heavy atom. The van der Waals surface area contributed by atoms with Gasteiger partial charge in [-0.25, -0.2) is 0 Å². The third-order valence-electron chi connectivity index (χ3n) is 6.11. The number of aromatic hydroxyl groups is 1. The molecular formula is C24H34O2. The summed E-state index contributed by atoms with van der Waals surface area (Å²) in [6.07, 6.45) is 11.1. The van der Waals surface area contributed by atoms with E-state index < -0.39 is 0 Å². The van der Waals surface area contributed by atoms with Gasteiger partial charge in [0.05, 0.1) is 5.56 Å². The van der Waals surface area contributed by atoms with Gasteiger partial charge in [0.15, 0.2) is 0 Å². The fourth-order valence-electron chi connectivity index (χ4n) is 4.53. The Morgan fingerprint density at radius 3 is 2.85 bits per heavy atom. The summed E-state index contributed by atoms with van der Waals surface area (Å²) in [5.41, 5.74) is 4.58. The zero-order valence-electron chi connectivity index (χ0n) is 17.1. The molecule has 0 saturated carbocycles. The molecule has 2 heteroatoms. The molecule has 0 amide bonds. The smallest absolute Gasteiger partial charge is 0.132 e. The van der Waals surface area contributed by atoms with Gasteiger partial charge in [0.1, 0.15) is 17.1 Å². The van der Waals surface area contributed by atoms with Crippen LogP contribution in [0.4, 0.5) is 0 Å².